The van der Waals surface area contributed by atoms with Gasteiger partial charge in [0.15, 0.2) is 0 Å². The van der Waals surface area contributed by atoms with Gasteiger partial charge in [0.1, 0.15) is 0 Å². The minimum Gasteiger partial charge on any atom is -0.342 e. The van der Waals surface area contributed by atoms with Crippen molar-refractivity contribution in [1.29, 1.82) is 0 Å². The molecule has 5 nitrogen and oxygen atoms in total. The molecule has 0 aliphatic carbocycles. The highest BCUT2D eigenvalue weighted by atomic mass is 32.2. The molecule has 0 spiro atoms. The summed E-state index contributed by atoms with van der Waals surface area (Å²) in [6.45, 7) is 4.63. The molecule has 0 saturated carbocycles. The normalized spacial score (nSPS) is 22.7. The van der Waals surface area contributed by atoms with Crippen molar-refractivity contribution in [3.05, 3.63) is 35.4 Å². The Bertz CT molecular complexity index is 737. The number of carbonyl (C=O) groups excluding carboxylic acids is 1. The maximum absolute atomic E-state index is 12.8. The Hall–Kier alpha value is -1.40. The molecule has 0 N–H and O–H groups in total. The molecule has 2 aliphatic rings. The first-order valence-corrected chi connectivity index (χ1v) is 12.0. The molecule has 2 saturated heterocycles. The number of rotatable bonds is 5. The van der Waals surface area contributed by atoms with Gasteiger partial charge >= 0.3 is 0 Å². The minimum atomic E-state index is -3.21. The first-order chi connectivity index (χ1) is 12.8. The first-order valence-electron chi connectivity index (χ1n) is 10.1. The van der Waals surface area contributed by atoms with Crippen molar-refractivity contribution in [2.75, 3.05) is 32.4 Å². The Balaban J connectivity index is 1.45. The highest BCUT2D eigenvalue weighted by Gasteiger charge is 2.33. The lowest BCUT2D eigenvalue weighted by Crippen LogP contribution is -2.48. The van der Waals surface area contributed by atoms with Crippen LogP contribution in [0.1, 0.15) is 43.2 Å². The summed E-state index contributed by atoms with van der Waals surface area (Å²) in [5.41, 5.74) is 2.69. The van der Waals surface area contributed by atoms with Crippen molar-refractivity contribution >= 4 is 15.9 Å². The Labute approximate surface area is 163 Å². The van der Waals surface area contributed by atoms with E-state index in [-0.39, 0.29) is 11.8 Å². The molecular weight excluding hydrogens is 360 g/mol. The Morgan fingerprint density at radius 3 is 2.37 bits per heavy atom. The lowest BCUT2D eigenvalue weighted by atomic mass is 9.89. The number of hydrogen-bond donors (Lipinski definition) is 0. The van der Waals surface area contributed by atoms with Crippen LogP contribution in [-0.2, 0) is 21.2 Å². The zero-order valence-corrected chi connectivity index (χ0v) is 17.4. The van der Waals surface area contributed by atoms with Crippen LogP contribution in [0.15, 0.2) is 24.3 Å². The quantitative estimate of drug-likeness (QED) is 0.774. The molecule has 1 aromatic carbocycles. The fourth-order valence-electron chi connectivity index (χ4n) is 4.27. The predicted octanol–water partition coefficient (Wildman–Crippen LogP) is 2.84. The van der Waals surface area contributed by atoms with E-state index in [0.29, 0.717) is 19.0 Å². The third kappa shape index (κ3) is 5.55. The second kappa shape index (κ2) is 8.74. The minimum absolute atomic E-state index is 0.153. The summed E-state index contributed by atoms with van der Waals surface area (Å²) in [5.74, 6) is 0.659. The van der Waals surface area contributed by atoms with Crippen molar-refractivity contribution in [3.63, 3.8) is 0 Å². The zero-order chi connectivity index (χ0) is 19.4. The monoisotopic (exact) mass is 392 g/mol. The molecule has 2 fully saturated rings. The fourth-order valence-corrected chi connectivity index (χ4v) is 5.18. The SMILES string of the molecule is Cc1ccc(CCC2CCN(C(=O)C3CCCN(S(C)(=O)=O)C3)CC2)cc1. The summed E-state index contributed by atoms with van der Waals surface area (Å²) < 4.78 is 25.0. The van der Waals surface area contributed by atoms with Crippen molar-refractivity contribution < 1.29 is 13.2 Å². The number of aryl methyl sites for hydroxylation is 2. The van der Waals surface area contributed by atoms with Gasteiger partial charge in [0.2, 0.25) is 15.9 Å². The summed E-state index contributed by atoms with van der Waals surface area (Å²) in [4.78, 5) is 14.8. The highest BCUT2D eigenvalue weighted by Crippen LogP contribution is 2.26. The van der Waals surface area contributed by atoms with Crippen LogP contribution in [0.25, 0.3) is 0 Å². The lowest BCUT2D eigenvalue weighted by molar-refractivity contribution is -0.138. The number of piperidine rings is 2. The number of benzene rings is 1. The van der Waals surface area contributed by atoms with E-state index in [2.05, 4.69) is 31.2 Å². The molecule has 1 amide bonds. The summed E-state index contributed by atoms with van der Waals surface area (Å²) in [5, 5.41) is 0. The van der Waals surface area contributed by atoms with E-state index in [1.807, 2.05) is 4.90 Å². The van der Waals surface area contributed by atoms with Gasteiger partial charge in [-0.05, 0) is 56.9 Å². The molecule has 0 aromatic heterocycles. The van der Waals surface area contributed by atoms with Crippen molar-refractivity contribution in [2.45, 2.75) is 45.4 Å². The van der Waals surface area contributed by atoms with Gasteiger partial charge in [-0.1, -0.05) is 29.8 Å². The molecule has 2 aliphatic heterocycles. The molecule has 27 heavy (non-hydrogen) atoms. The van der Waals surface area contributed by atoms with E-state index in [1.54, 1.807) is 0 Å². The van der Waals surface area contributed by atoms with E-state index in [9.17, 15) is 13.2 Å². The van der Waals surface area contributed by atoms with E-state index in [1.165, 1.54) is 28.1 Å². The molecule has 150 valence electrons. The van der Waals surface area contributed by atoms with Gasteiger partial charge in [0.05, 0.1) is 12.2 Å². The van der Waals surface area contributed by atoms with Crippen LogP contribution in [0, 0.1) is 18.8 Å². The van der Waals surface area contributed by atoms with Crippen LogP contribution in [0.4, 0.5) is 0 Å². The maximum atomic E-state index is 12.8. The molecule has 1 atom stereocenters. The molecule has 6 heteroatoms. The van der Waals surface area contributed by atoms with E-state index in [0.717, 1.165) is 45.2 Å². The van der Waals surface area contributed by atoms with Gasteiger partial charge in [0, 0.05) is 26.2 Å². The third-order valence-corrected chi connectivity index (χ3v) is 7.36. The zero-order valence-electron chi connectivity index (χ0n) is 16.6. The number of likely N-dealkylation sites (tertiary alicyclic amines) is 1. The average Bonchev–Trinajstić information content (AvgIpc) is 2.67. The second-order valence-electron chi connectivity index (χ2n) is 8.25. The van der Waals surface area contributed by atoms with E-state index < -0.39 is 10.0 Å². The summed E-state index contributed by atoms with van der Waals surface area (Å²) in [7, 11) is -3.21. The number of hydrogen-bond acceptors (Lipinski definition) is 3. The van der Waals surface area contributed by atoms with Crippen LogP contribution in [0.2, 0.25) is 0 Å². The van der Waals surface area contributed by atoms with Gasteiger partial charge in [-0.3, -0.25) is 4.79 Å². The van der Waals surface area contributed by atoms with Crippen LogP contribution in [0.3, 0.4) is 0 Å². The topological polar surface area (TPSA) is 57.7 Å². The molecule has 1 unspecified atom stereocenters. The Morgan fingerprint density at radius 2 is 1.74 bits per heavy atom. The van der Waals surface area contributed by atoms with Crippen LogP contribution in [0.5, 0.6) is 0 Å². The van der Waals surface area contributed by atoms with Gasteiger partial charge in [0.25, 0.3) is 0 Å². The van der Waals surface area contributed by atoms with Crippen molar-refractivity contribution in [3.8, 4) is 0 Å². The van der Waals surface area contributed by atoms with Crippen LogP contribution >= 0.6 is 0 Å². The highest BCUT2D eigenvalue weighted by molar-refractivity contribution is 7.88. The molecule has 0 radical (unpaired) electrons. The van der Waals surface area contributed by atoms with Crippen LogP contribution < -0.4 is 0 Å². The number of sulfonamides is 1. The third-order valence-electron chi connectivity index (χ3n) is 6.09. The van der Waals surface area contributed by atoms with E-state index in [4.69, 9.17) is 0 Å². The molecular formula is C21H32N2O3S. The molecule has 2 heterocycles. The molecule has 1 aromatic rings. The standard InChI is InChI=1S/C21H32N2O3S/c1-17-5-7-18(8-6-17)9-10-19-11-14-22(15-12-19)21(24)20-4-3-13-23(16-20)27(2,25)26/h5-8,19-20H,3-4,9-16H2,1-2H3. The largest absolute Gasteiger partial charge is 0.342 e. The van der Waals surface area contributed by atoms with Crippen molar-refractivity contribution in [1.82, 2.24) is 9.21 Å². The number of carbonyl (C=O) groups is 1. The van der Waals surface area contributed by atoms with Gasteiger partial charge in [-0.15, -0.1) is 0 Å². The maximum Gasteiger partial charge on any atom is 0.227 e. The summed E-state index contributed by atoms with van der Waals surface area (Å²) in [6, 6.07) is 8.76. The van der Waals surface area contributed by atoms with Crippen molar-refractivity contribution in [2.24, 2.45) is 11.8 Å². The lowest BCUT2D eigenvalue weighted by Gasteiger charge is -2.37. The summed E-state index contributed by atoms with van der Waals surface area (Å²) in [6.07, 6.45) is 7.20. The second-order valence-corrected chi connectivity index (χ2v) is 10.2. The predicted molar refractivity (Wildman–Crippen MR) is 108 cm³/mol. The summed E-state index contributed by atoms with van der Waals surface area (Å²) >= 11 is 0. The Kier molecular flexibility index (Phi) is 6.58. The molecule has 3 rings (SSSR count). The van der Waals surface area contributed by atoms with Gasteiger partial charge in [-0.25, -0.2) is 12.7 Å². The number of nitrogens with zero attached hydrogens (tertiary/aromatic N) is 2. The Morgan fingerprint density at radius 1 is 1.07 bits per heavy atom. The average molecular weight is 393 g/mol. The van der Waals surface area contributed by atoms with Crippen LogP contribution in [-0.4, -0.2) is 56.0 Å². The van der Waals surface area contributed by atoms with E-state index >= 15 is 0 Å². The molecule has 0 bridgehead atoms. The fraction of sp³-hybridized carbons (Fsp3) is 0.667. The smallest absolute Gasteiger partial charge is 0.227 e. The first kappa shape index (κ1) is 20.3. The van der Waals surface area contributed by atoms with Gasteiger partial charge in [-0.2, -0.15) is 0 Å². The number of amides is 1. The van der Waals surface area contributed by atoms with Gasteiger partial charge < -0.3 is 4.90 Å².